The van der Waals surface area contributed by atoms with Gasteiger partial charge in [0.1, 0.15) is 34.0 Å². The number of phenolic OH excluding ortho intramolecular Hbond substituents is 3. The first-order chi connectivity index (χ1) is 12.4. The minimum absolute atomic E-state index is 0.0142. The fourth-order valence-electron chi connectivity index (χ4n) is 2.83. The highest BCUT2D eigenvalue weighted by Crippen LogP contribution is 2.33. The zero-order valence-electron chi connectivity index (χ0n) is 13.6. The Morgan fingerprint density at radius 2 is 1.69 bits per heavy atom. The summed E-state index contributed by atoms with van der Waals surface area (Å²) in [6.45, 7) is 0. The molecule has 0 atom stereocenters. The van der Waals surface area contributed by atoms with Gasteiger partial charge in [0.25, 0.3) is 0 Å². The summed E-state index contributed by atoms with van der Waals surface area (Å²) < 4.78 is 5.73. The van der Waals surface area contributed by atoms with Crippen LogP contribution in [0, 0.1) is 0 Å². The highest BCUT2D eigenvalue weighted by molar-refractivity contribution is 5.88. The number of aliphatic carboxylic acids is 1. The Morgan fingerprint density at radius 1 is 1.00 bits per heavy atom. The Kier molecular flexibility index (Phi) is 4.53. The van der Waals surface area contributed by atoms with Crippen molar-refractivity contribution in [3.8, 4) is 28.4 Å². The molecule has 0 aliphatic rings. The third-order valence-electron chi connectivity index (χ3n) is 3.98. The van der Waals surface area contributed by atoms with E-state index in [1.54, 1.807) is 0 Å². The van der Waals surface area contributed by atoms with Crippen LogP contribution in [-0.4, -0.2) is 26.4 Å². The van der Waals surface area contributed by atoms with Crippen molar-refractivity contribution in [2.75, 3.05) is 0 Å². The average molecular weight is 356 g/mol. The predicted octanol–water partition coefficient (Wildman–Crippen LogP) is 2.98. The molecule has 26 heavy (non-hydrogen) atoms. The molecule has 134 valence electrons. The summed E-state index contributed by atoms with van der Waals surface area (Å²) in [5.74, 6) is -1.36. The van der Waals surface area contributed by atoms with E-state index < -0.39 is 17.1 Å². The number of phenols is 3. The minimum Gasteiger partial charge on any atom is -0.508 e. The monoisotopic (exact) mass is 356 g/mol. The topological polar surface area (TPSA) is 128 Å². The molecule has 3 aromatic rings. The molecule has 3 rings (SSSR count). The first-order valence-corrected chi connectivity index (χ1v) is 7.89. The molecule has 1 heterocycles. The zero-order valence-corrected chi connectivity index (χ0v) is 13.6. The van der Waals surface area contributed by atoms with Crippen molar-refractivity contribution in [1.29, 1.82) is 0 Å². The fourth-order valence-corrected chi connectivity index (χ4v) is 2.83. The van der Waals surface area contributed by atoms with Gasteiger partial charge in [-0.1, -0.05) is 12.1 Å². The second-order valence-electron chi connectivity index (χ2n) is 5.86. The Hall–Kier alpha value is -3.48. The number of benzene rings is 2. The molecule has 0 unspecified atom stereocenters. The fraction of sp³-hybridized carbons (Fsp3) is 0.158. The minimum atomic E-state index is -0.963. The molecule has 0 spiro atoms. The van der Waals surface area contributed by atoms with Crippen LogP contribution in [0.2, 0.25) is 0 Å². The number of carboxylic acid groups (broad SMARTS) is 1. The summed E-state index contributed by atoms with van der Waals surface area (Å²) in [4.78, 5) is 23.7. The Bertz CT molecular complexity index is 1030. The third kappa shape index (κ3) is 3.32. The van der Waals surface area contributed by atoms with E-state index in [-0.39, 0.29) is 53.1 Å². The molecule has 0 aliphatic heterocycles. The van der Waals surface area contributed by atoms with Gasteiger partial charge in [-0.3, -0.25) is 9.59 Å². The number of rotatable bonds is 5. The molecule has 0 amide bonds. The van der Waals surface area contributed by atoms with Gasteiger partial charge in [-0.15, -0.1) is 0 Å². The molecule has 0 saturated heterocycles. The number of carboxylic acids is 1. The maximum Gasteiger partial charge on any atom is 0.303 e. The molecule has 7 nitrogen and oxygen atoms in total. The molecule has 2 aromatic carbocycles. The molecular weight excluding hydrogens is 340 g/mol. The second kappa shape index (κ2) is 6.79. The van der Waals surface area contributed by atoms with Gasteiger partial charge >= 0.3 is 5.97 Å². The summed E-state index contributed by atoms with van der Waals surface area (Å²) in [6.07, 6.45) is 0.339. The van der Waals surface area contributed by atoms with E-state index in [1.807, 2.05) is 0 Å². The van der Waals surface area contributed by atoms with Gasteiger partial charge in [-0.25, -0.2) is 0 Å². The highest BCUT2D eigenvalue weighted by atomic mass is 16.4. The van der Waals surface area contributed by atoms with Crippen molar-refractivity contribution in [1.82, 2.24) is 0 Å². The average Bonchev–Trinajstić information content (AvgIpc) is 2.55. The molecule has 7 heteroatoms. The van der Waals surface area contributed by atoms with E-state index in [1.165, 1.54) is 30.3 Å². The summed E-state index contributed by atoms with van der Waals surface area (Å²) in [5.41, 5.74) is 0.167. The molecule has 4 N–H and O–H groups in total. The first-order valence-electron chi connectivity index (χ1n) is 7.89. The van der Waals surface area contributed by atoms with Crippen LogP contribution in [0.15, 0.2) is 45.6 Å². The van der Waals surface area contributed by atoms with Gasteiger partial charge in [0, 0.05) is 25.0 Å². The van der Waals surface area contributed by atoms with Gasteiger partial charge in [-0.2, -0.15) is 0 Å². The van der Waals surface area contributed by atoms with Gasteiger partial charge in [0.2, 0.25) is 5.43 Å². The molecule has 0 saturated carbocycles. The van der Waals surface area contributed by atoms with Crippen molar-refractivity contribution >= 4 is 16.9 Å². The standard InChI is InChI=1S/C19H16O7/c20-11-6-4-10(5-7-11)17-14(2-1-3-16(23)24)26-15-9-12(21)8-13(22)18(15)19(17)25/h4-9,20-22H,1-3H2,(H,23,24). The molecule has 0 bridgehead atoms. The quantitative estimate of drug-likeness (QED) is 0.553. The van der Waals surface area contributed by atoms with E-state index in [0.29, 0.717) is 5.56 Å². The number of hydrogen-bond acceptors (Lipinski definition) is 6. The van der Waals surface area contributed by atoms with E-state index in [0.717, 1.165) is 6.07 Å². The number of aromatic hydroxyl groups is 3. The van der Waals surface area contributed by atoms with Crippen molar-refractivity contribution in [3.63, 3.8) is 0 Å². The summed E-state index contributed by atoms with van der Waals surface area (Å²) in [7, 11) is 0. The van der Waals surface area contributed by atoms with Crippen LogP contribution < -0.4 is 5.43 Å². The van der Waals surface area contributed by atoms with E-state index in [4.69, 9.17) is 9.52 Å². The largest absolute Gasteiger partial charge is 0.508 e. The first kappa shape index (κ1) is 17.3. The normalized spacial score (nSPS) is 10.9. The Balaban J connectivity index is 2.24. The van der Waals surface area contributed by atoms with Crippen LogP contribution in [0.25, 0.3) is 22.1 Å². The van der Waals surface area contributed by atoms with Crippen LogP contribution in [-0.2, 0) is 11.2 Å². The van der Waals surface area contributed by atoms with Crippen LogP contribution in [0.1, 0.15) is 18.6 Å². The van der Waals surface area contributed by atoms with Crippen LogP contribution in [0.5, 0.6) is 17.2 Å². The second-order valence-corrected chi connectivity index (χ2v) is 5.86. The van der Waals surface area contributed by atoms with E-state index >= 15 is 0 Å². The van der Waals surface area contributed by atoms with Gasteiger partial charge in [0.05, 0.1) is 5.56 Å². The van der Waals surface area contributed by atoms with E-state index in [2.05, 4.69) is 0 Å². The smallest absolute Gasteiger partial charge is 0.303 e. The van der Waals surface area contributed by atoms with E-state index in [9.17, 15) is 24.9 Å². The van der Waals surface area contributed by atoms with Gasteiger partial charge < -0.3 is 24.8 Å². The van der Waals surface area contributed by atoms with Crippen molar-refractivity contribution in [2.24, 2.45) is 0 Å². The van der Waals surface area contributed by atoms with Gasteiger partial charge in [0.15, 0.2) is 0 Å². The molecule has 0 radical (unpaired) electrons. The zero-order chi connectivity index (χ0) is 18.8. The molecule has 1 aromatic heterocycles. The van der Waals surface area contributed by atoms with Crippen LogP contribution in [0.4, 0.5) is 0 Å². The van der Waals surface area contributed by atoms with Crippen LogP contribution >= 0.6 is 0 Å². The Morgan fingerprint density at radius 3 is 2.35 bits per heavy atom. The lowest BCUT2D eigenvalue weighted by Gasteiger charge is -2.11. The molecule has 0 fully saturated rings. The van der Waals surface area contributed by atoms with Crippen LogP contribution in [0.3, 0.4) is 0 Å². The molecular formula is C19H16O7. The van der Waals surface area contributed by atoms with Crippen molar-refractivity contribution in [3.05, 3.63) is 52.4 Å². The van der Waals surface area contributed by atoms with Crippen molar-refractivity contribution in [2.45, 2.75) is 19.3 Å². The summed E-state index contributed by atoms with van der Waals surface area (Å²) in [6, 6.07) is 8.16. The lowest BCUT2D eigenvalue weighted by molar-refractivity contribution is -0.137. The van der Waals surface area contributed by atoms with Gasteiger partial charge in [-0.05, 0) is 24.1 Å². The summed E-state index contributed by atoms with van der Waals surface area (Å²) in [5, 5.41) is 37.9. The summed E-state index contributed by atoms with van der Waals surface area (Å²) >= 11 is 0. The number of aryl methyl sites for hydroxylation is 1. The molecule has 0 aliphatic carbocycles. The third-order valence-corrected chi connectivity index (χ3v) is 3.98. The maximum atomic E-state index is 13.0. The number of fused-ring (bicyclic) bond motifs is 1. The Labute approximate surface area is 147 Å². The maximum absolute atomic E-state index is 13.0. The number of carbonyl (C=O) groups is 1. The predicted molar refractivity (Wildman–Crippen MR) is 93.5 cm³/mol. The SMILES string of the molecule is O=C(O)CCCc1oc2cc(O)cc(O)c2c(=O)c1-c1ccc(O)cc1. The lowest BCUT2D eigenvalue weighted by atomic mass is 9.99. The van der Waals surface area contributed by atoms with Crippen molar-refractivity contribution < 1.29 is 29.6 Å². The lowest BCUT2D eigenvalue weighted by Crippen LogP contribution is -2.10. The highest BCUT2D eigenvalue weighted by Gasteiger charge is 2.19. The number of hydrogen-bond donors (Lipinski definition) is 4.